The van der Waals surface area contributed by atoms with Crippen molar-refractivity contribution in [3.8, 4) is 11.1 Å². The standard InChI is InChI=1S/C32H34ClN3O4/c1-32(2,3)40-31(39)34-17-15-22(16-18-34)20-36-29(37)27-19-25(33)13-14-28(27)35(30(36)38)21-24-11-7-8-12-26(24)23-9-5-4-6-10-23/h4-14,19,22H,15-18,20-21H2,1-3H3. The van der Waals surface area contributed by atoms with E-state index in [0.717, 1.165) is 16.7 Å². The summed E-state index contributed by atoms with van der Waals surface area (Å²) in [7, 11) is 0. The summed E-state index contributed by atoms with van der Waals surface area (Å²) in [4.78, 5) is 41.8. The number of carbonyl (C=O) groups is 1. The van der Waals surface area contributed by atoms with Crippen molar-refractivity contribution in [2.24, 2.45) is 5.92 Å². The Bertz CT molecular complexity index is 1650. The number of ether oxygens (including phenoxy) is 1. The van der Waals surface area contributed by atoms with Gasteiger partial charge in [0.05, 0.1) is 17.4 Å². The lowest BCUT2D eigenvalue weighted by atomic mass is 9.97. The van der Waals surface area contributed by atoms with Crippen LogP contribution >= 0.6 is 11.6 Å². The summed E-state index contributed by atoms with van der Waals surface area (Å²) in [5, 5.41) is 0.854. The van der Waals surface area contributed by atoms with Crippen LogP contribution in [0.4, 0.5) is 4.79 Å². The fourth-order valence-corrected chi connectivity index (χ4v) is 5.49. The molecule has 1 aliphatic rings. The molecule has 0 saturated carbocycles. The minimum atomic E-state index is -0.558. The van der Waals surface area contributed by atoms with Gasteiger partial charge in [-0.05, 0) is 74.4 Å². The zero-order valence-corrected chi connectivity index (χ0v) is 23.9. The van der Waals surface area contributed by atoms with Crippen LogP contribution in [0.5, 0.6) is 0 Å². The van der Waals surface area contributed by atoms with E-state index in [1.165, 1.54) is 4.57 Å². The van der Waals surface area contributed by atoms with Crippen LogP contribution in [-0.4, -0.2) is 38.8 Å². The van der Waals surface area contributed by atoms with E-state index in [1.54, 1.807) is 27.7 Å². The van der Waals surface area contributed by atoms with E-state index < -0.39 is 5.60 Å². The highest BCUT2D eigenvalue weighted by molar-refractivity contribution is 6.31. The lowest BCUT2D eigenvalue weighted by Crippen LogP contribution is -2.45. The fraction of sp³-hybridized carbons (Fsp3) is 0.344. The molecule has 0 spiro atoms. The maximum Gasteiger partial charge on any atom is 0.410 e. The van der Waals surface area contributed by atoms with Crippen molar-refractivity contribution in [3.05, 3.63) is 104 Å². The molecule has 0 aliphatic carbocycles. The highest BCUT2D eigenvalue weighted by Gasteiger charge is 2.28. The number of aromatic nitrogens is 2. The van der Waals surface area contributed by atoms with E-state index in [0.29, 0.717) is 48.4 Å². The molecule has 0 unspecified atom stereocenters. The van der Waals surface area contributed by atoms with Gasteiger partial charge >= 0.3 is 11.8 Å². The minimum absolute atomic E-state index is 0.0748. The maximum absolute atomic E-state index is 14.0. The van der Waals surface area contributed by atoms with Gasteiger partial charge in [0.15, 0.2) is 0 Å². The van der Waals surface area contributed by atoms with E-state index in [2.05, 4.69) is 0 Å². The monoisotopic (exact) mass is 559 g/mol. The van der Waals surface area contributed by atoms with Crippen LogP contribution in [0, 0.1) is 5.92 Å². The molecule has 0 N–H and O–H groups in total. The Morgan fingerprint density at radius 2 is 1.60 bits per heavy atom. The molecule has 0 radical (unpaired) electrons. The maximum atomic E-state index is 14.0. The number of carbonyl (C=O) groups excluding carboxylic acids is 1. The molecular formula is C32H34ClN3O4. The first kappa shape index (κ1) is 27.7. The fourth-order valence-electron chi connectivity index (χ4n) is 5.32. The Hall–Kier alpha value is -3.84. The summed E-state index contributed by atoms with van der Waals surface area (Å²) in [6.45, 7) is 7.17. The average Bonchev–Trinajstić information content (AvgIpc) is 2.93. The third-order valence-electron chi connectivity index (χ3n) is 7.32. The summed E-state index contributed by atoms with van der Waals surface area (Å²) in [6.07, 6.45) is 1.02. The normalized spacial score (nSPS) is 14.4. The van der Waals surface area contributed by atoms with E-state index >= 15 is 0 Å². The molecule has 2 heterocycles. The predicted octanol–water partition coefficient (Wildman–Crippen LogP) is 6.18. The van der Waals surface area contributed by atoms with Gasteiger partial charge in [0.1, 0.15) is 5.60 Å². The van der Waals surface area contributed by atoms with Crippen molar-refractivity contribution in [3.63, 3.8) is 0 Å². The number of hydrogen-bond donors (Lipinski definition) is 0. The highest BCUT2D eigenvalue weighted by Crippen LogP contribution is 2.26. The Labute approximate surface area is 238 Å². The molecule has 1 saturated heterocycles. The molecule has 1 aliphatic heterocycles. The van der Waals surface area contributed by atoms with Crippen LogP contribution in [0.15, 0.2) is 82.4 Å². The zero-order chi connectivity index (χ0) is 28.4. The van der Waals surface area contributed by atoms with Crippen molar-refractivity contribution in [1.82, 2.24) is 14.0 Å². The molecule has 0 atom stereocenters. The average molecular weight is 560 g/mol. The van der Waals surface area contributed by atoms with Crippen LogP contribution in [0.2, 0.25) is 5.02 Å². The van der Waals surface area contributed by atoms with E-state index in [4.69, 9.17) is 16.3 Å². The van der Waals surface area contributed by atoms with Gasteiger partial charge in [0.2, 0.25) is 0 Å². The molecule has 5 rings (SSSR count). The van der Waals surface area contributed by atoms with Gasteiger partial charge in [0.25, 0.3) is 5.56 Å². The Morgan fingerprint density at radius 1 is 0.925 bits per heavy atom. The summed E-state index contributed by atoms with van der Waals surface area (Å²) < 4.78 is 8.52. The van der Waals surface area contributed by atoms with Gasteiger partial charge < -0.3 is 9.64 Å². The quantitative estimate of drug-likeness (QED) is 0.293. The Morgan fingerprint density at radius 3 is 2.30 bits per heavy atom. The van der Waals surface area contributed by atoms with E-state index in [-0.39, 0.29) is 29.8 Å². The number of hydrogen-bond acceptors (Lipinski definition) is 4. The van der Waals surface area contributed by atoms with Crippen molar-refractivity contribution in [2.45, 2.75) is 52.3 Å². The van der Waals surface area contributed by atoms with E-state index in [1.807, 2.05) is 75.4 Å². The van der Waals surface area contributed by atoms with Gasteiger partial charge in [-0.15, -0.1) is 0 Å². The molecule has 40 heavy (non-hydrogen) atoms. The number of fused-ring (bicyclic) bond motifs is 1. The number of amides is 1. The van der Waals surface area contributed by atoms with Crippen molar-refractivity contribution >= 4 is 28.6 Å². The minimum Gasteiger partial charge on any atom is -0.444 e. The van der Waals surface area contributed by atoms with Crippen molar-refractivity contribution in [2.75, 3.05) is 13.1 Å². The molecule has 7 nitrogen and oxygen atoms in total. The largest absolute Gasteiger partial charge is 0.444 e. The SMILES string of the molecule is CC(C)(C)OC(=O)N1CCC(Cn2c(=O)c3cc(Cl)ccc3n(Cc3ccccc3-c3ccccc3)c2=O)CC1. The van der Waals surface area contributed by atoms with Gasteiger partial charge in [-0.2, -0.15) is 0 Å². The van der Waals surface area contributed by atoms with Crippen LogP contribution in [0.25, 0.3) is 22.0 Å². The molecule has 0 bridgehead atoms. The van der Waals surface area contributed by atoms with Gasteiger partial charge in [-0.1, -0.05) is 66.2 Å². The zero-order valence-electron chi connectivity index (χ0n) is 23.1. The molecule has 1 amide bonds. The first-order valence-corrected chi connectivity index (χ1v) is 14.0. The number of benzene rings is 3. The second-order valence-corrected chi connectivity index (χ2v) is 11.8. The van der Waals surface area contributed by atoms with Crippen LogP contribution in [0.3, 0.4) is 0 Å². The number of piperidine rings is 1. The highest BCUT2D eigenvalue weighted by atomic mass is 35.5. The predicted molar refractivity (Wildman–Crippen MR) is 159 cm³/mol. The first-order valence-electron chi connectivity index (χ1n) is 13.6. The third-order valence-corrected chi connectivity index (χ3v) is 7.56. The molecule has 1 fully saturated rings. The summed E-state index contributed by atoms with van der Waals surface area (Å²) >= 11 is 6.30. The summed E-state index contributed by atoms with van der Waals surface area (Å²) in [6, 6.07) is 23.1. The van der Waals surface area contributed by atoms with Crippen LogP contribution in [-0.2, 0) is 17.8 Å². The van der Waals surface area contributed by atoms with Gasteiger partial charge in [-0.25, -0.2) is 9.59 Å². The Kier molecular flexibility index (Phi) is 7.86. The molecule has 4 aromatic rings. The second-order valence-electron chi connectivity index (χ2n) is 11.4. The first-order chi connectivity index (χ1) is 19.1. The molecule has 1 aromatic heterocycles. The summed E-state index contributed by atoms with van der Waals surface area (Å²) in [5.74, 6) is 0.0748. The third kappa shape index (κ3) is 5.99. The number of rotatable bonds is 5. The van der Waals surface area contributed by atoms with E-state index in [9.17, 15) is 14.4 Å². The van der Waals surface area contributed by atoms with Crippen molar-refractivity contribution < 1.29 is 9.53 Å². The number of nitrogens with zero attached hydrogens (tertiary/aromatic N) is 3. The summed E-state index contributed by atoms with van der Waals surface area (Å²) in [5.41, 5.74) is 2.37. The molecule has 3 aromatic carbocycles. The molecular weight excluding hydrogens is 526 g/mol. The smallest absolute Gasteiger partial charge is 0.410 e. The molecule has 8 heteroatoms. The van der Waals surface area contributed by atoms with Crippen LogP contribution in [0.1, 0.15) is 39.2 Å². The Balaban J connectivity index is 1.48. The molecule has 208 valence electrons. The van der Waals surface area contributed by atoms with Crippen molar-refractivity contribution in [1.29, 1.82) is 0 Å². The van der Waals surface area contributed by atoms with Gasteiger partial charge in [0, 0.05) is 24.7 Å². The number of halogens is 1. The lowest BCUT2D eigenvalue weighted by Gasteiger charge is -2.33. The second kappa shape index (κ2) is 11.3. The van der Waals surface area contributed by atoms with Gasteiger partial charge in [-0.3, -0.25) is 13.9 Å². The number of likely N-dealkylation sites (tertiary alicyclic amines) is 1. The lowest BCUT2D eigenvalue weighted by molar-refractivity contribution is 0.0177. The topological polar surface area (TPSA) is 73.5 Å². The van der Waals surface area contributed by atoms with Crippen LogP contribution < -0.4 is 11.2 Å².